The first-order valence-corrected chi connectivity index (χ1v) is 7.78. The van der Waals surface area contributed by atoms with Gasteiger partial charge in [0.2, 0.25) is 11.8 Å². The third-order valence-corrected chi connectivity index (χ3v) is 4.25. The third-order valence-electron chi connectivity index (χ3n) is 4.25. The summed E-state index contributed by atoms with van der Waals surface area (Å²) in [7, 11) is 0. The highest BCUT2D eigenvalue weighted by Gasteiger charge is 2.56. The minimum Gasteiger partial charge on any atom is -0.437 e. The summed E-state index contributed by atoms with van der Waals surface area (Å²) in [6.07, 6.45) is 7.14. The Morgan fingerprint density at radius 2 is 2.26 bits per heavy atom. The lowest BCUT2D eigenvalue weighted by Crippen LogP contribution is -2.16. The molecule has 0 spiro atoms. The van der Waals surface area contributed by atoms with Crippen LogP contribution in [0.2, 0.25) is 0 Å². The molecule has 0 aromatic carbocycles. The van der Waals surface area contributed by atoms with E-state index in [1.165, 1.54) is 0 Å². The van der Waals surface area contributed by atoms with Crippen LogP contribution in [0.1, 0.15) is 12.8 Å². The molecule has 1 amide bonds. The Balaban J connectivity index is 1.36. The van der Waals surface area contributed by atoms with Gasteiger partial charge in [0.05, 0.1) is 30.1 Å². The first kappa shape index (κ1) is 14.1. The van der Waals surface area contributed by atoms with Crippen molar-refractivity contribution in [3.63, 3.8) is 0 Å². The first-order valence-electron chi connectivity index (χ1n) is 7.78. The van der Waals surface area contributed by atoms with E-state index in [1.807, 2.05) is 0 Å². The van der Waals surface area contributed by atoms with Gasteiger partial charge in [-0.2, -0.15) is 0 Å². The van der Waals surface area contributed by atoms with Crippen LogP contribution in [0.3, 0.4) is 0 Å². The Hall–Kier alpha value is -2.47. The highest BCUT2D eigenvalue weighted by Crippen LogP contribution is 2.48. The molecule has 6 nitrogen and oxygen atoms in total. The molecule has 0 bridgehead atoms. The predicted molar refractivity (Wildman–Crippen MR) is 83.1 cm³/mol. The van der Waals surface area contributed by atoms with E-state index in [-0.39, 0.29) is 17.9 Å². The van der Waals surface area contributed by atoms with Crippen molar-refractivity contribution in [3.05, 3.63) is 42.9 Å². The largest absolute Gasteiger partial charge is 0.437 e. The minimum absolute atomic E-state index is 0.0104. The van der Waals surface area contributed by atoms with E-state index in [0.717, 1.165) is 19.4 Å². The van der Waals surface area contributed by atoms with E-state index in [9.17, 15) is 4.79 Å². The average Bonchev–Trinajstić information content (AvgIpc) is 3.32. The van der Waals surface area contributed by atoms with Crippen molar-refractivity contribution < 1.29 is 14.3 Å². The van der Waals surface area contributed by atoms with Crippen molar-refractivity contribution in [3.8, 4) is 11.6 Å². The zero-order valence-electron chi connectivity index (χ0n) is 12.5. The van der Waals surface area contributed by atoms with E-state index in [2.05, 4.69) is 15.3 Å². The van der Waals surface area contributed by atoms with Crippen LogP contribution in [0.4, 0.5) is 5.69 Å². The van der Waals surface area contributed by atoms with Gasteiger partial charge in [0, 0.05) is 24.8 Å². The summed E-state index contributed by atoms with van der Waals surface area (Å²) in [5.41, 5.74) is 0.664. The monoisotopic (exact) mass is 311 g/mol. The van der Waals surface area contributed by atoms with Crippen LogP contribution in [0.25, 0.3) is 0 Å². The number of rotatable bonds is 4. The third kappa shape index (κ3) is 3.03. The van der Waals surface area contributed by atoms with Crippen LogP contribution in [-0.4, -0.2) is 28.6 Å². The van der Waals surface area contributed by atoms with Gasteiger partial charge in [0.15, 0.2) is 0 Å². The van der Waals surface area contributed by atoms with Gasteiger partial charge in [-0.3, -0.25) is 9.78 Å². The number of amides is 1. The molecule has 3 heterocycles. The minimum atomic E-state index is -0.0104. The fraction of sp³-hybridized carbons (Fsp3) is 0.353. The standard InChI is InChI=1S/C17H17N3O3/c21-17(15-13-4-2-8-22-16(13)15)20-11-5-6-14(19-9-11)23-12-3-1-7-18-10-12/h1,3,5-7,9-10,13,15-16H,2,4,8H2,(H,20,21)/t13-,15-,16-/m1/s1. The summed E-state index contributed by atoms with van der Waals surface area (Å²) in [4.78, 5) is 20.4. The summed E-state index contributed by atoms with van der Waals surface area (Å²) < 4.78 is 11.2. The molecule has 6 heteroatoms. The highest BCUT2D eigenvalue weighted by molar-refractivity contribution is 5.95. The smallest absolute Gasteiger partial charge is 0.230 e. The Labute approximate surface area is 133 Å². The molecular weight excluding hydrogens is 294 g/mol. The molecular formula is C17H17N3O3. The lowest BCUT2D eigenvalue weighted by molar-refractivity contribution is -0.118. The van der Waals surface area contributed by atoms with Crippen LogP contribution in [0.5, 0.6) is 11.6 Å². The van der Waals surface area contributed by atoms with Crippen LogP contribution in [0.15, 0.2) is 42.9 Å². The molecule has 23 heavy (non-hydrogen) atoms. The van der Waals surface area contributed by atoms with Gasteiger partial charge < -0.3 is 14.8 Å². The number of nitrogens with one attached hydrogen (secondary N) is 1. The molecule has 1 aliphatic heterocycles. The van der Waals surface area contributed by atoms with Crippen molar-refractivity contribution in [2.45, 2.75) is 18.9 Å². The maximum absolute atomic E-state index is 12.3. The molecule has 0 radical (unpaired) electrons. The van der Waals surface area contributed by atoms with E-state index < -0.39 is 0 Å². The summed E-state index contributed by atoms with van der Waals surface area (Å²) in [6, 6.07) is 7.10. The summed E-state index contributed by atoms with van der Waals surface area (Å²) in [6.45, 7) is 0.771. The second-order valence-corrected chi connectivity index (χ2v) is 5.83. The average molecular weight is 311 g/mol. The summed E-state index contributed by atoms with van der Waals surface area (Å²) in [5.74, 6) is 1.48. The van der Waals surface area contributed by atoms with Crippen LogP contribution >= 0.6 is 0 Å². The summed E-state index contributed by atoms with van der Waals surface area (Å²) in [5, 5.41) is 2.90. The van der Waals surface area contributed by atoms with E-state index in [1.54, 1.807) is 42.9 Å². The molecule has 3 atom stereocenters. The Bertz CT molecular complexity index is 678. The van der Waals surface area contributed by atoms with Gasteiger partial charge in [-0.1, -0.05) is 0 Å². The number of pyridine rings is 2. The number of hydrogen-bond donors (Lipinski definition) is 1. The SMILES string of the molecule is O=C(Nc1ccc(Oc2cccnc2)nc1)[C@@H]1[C@H]2CCCO[C@H]21. The number of hydrogen-bond acceptors (Lipinski definition) is 5. The summed E-state index contributed by atoms with van der Waals surface area (Å²) >= 11 is 0. The fourth-order valence-electron chi connectivity index (χ4n) is 3.06. The van der Waals surface area contributed by atoms with Crippen LogP contribution in [-0.2, 0) is 9.53 Å². The molecule has 2 aromatic rings. The molecule has 1 N–H and O–H groups in total. The van der Waals surface area contributed by atoms with Crippen molar-refractivity contribution in [2.24, 2.45) is 11.8 Å². The Morgan fingerprint density at radius 1 is 1.30 bits per heavy atom. The molecule has 4 rings (SSSR count). The van der Waals surface area contributed by atoms with E-state index >= 15 is 0 Å². The number of fused-ring (bicyclic) bond motifs is 1. The second kappa shape index (κ2) is 5.96. The van der Waals surface area contributed by atoms with E-state index in [4.69, 9.17) is 9.47 Å². The number of carbonyl (C=O) groups is 1. The van der Waals surface area contributed by atoms with Gasteiger partial charge in [-0.25, -0.2) is 4.98 Å². The zero-order chi connectivity index (χ0) is 15.6. The lowest BCUT2D eigenvalue weighted by Gasteiger charge is -2.07. The van der Waals surface area contributed by atoms with Gasteiger partial charge in [0.1, 0.15) is 5.75 Å². The zero-order valence-corrected chi connectivity index (χ0v) is 12.5. The Morgan fingerprint density at radius 3 is 2.96 bits per heavy atom. The topological polar surface area (TPSA) is 73.3 Å². The molecule has 118 valence electrons. The Kier molecular flexibility index (Phi) is 3.67. The highest BCUT2D eigenvalue weighted by atomic mass is 16.5. The number of ether oxygens (including phenoxy) is 2. The maximum atomic E-state index is 12.3. The van der Waals surface area contributed by atoms with Crippen molar-refractivity contribution >= 4 is 11.6 Å². The molecule has 1 saturated heterocycles. The molecule has 2 aromatic heterocycles. The van der Waals surface area contributed by atoms with Gasteiger partial charge in [-0.15, -0.1) is 0 Å². The van der Waals surface area contributed by atoms with Gasteiger partial charge in [-0.05, 0) is 31.0 Å². The lowest BCUT2D eigenvalue weighted by atomic mass is 10.2. The van der Waals surface area contributed by atoms with Crippen molar-refractivity contribution in [1.29, 1.82) is 0 Å². The van der Waals surface area contributed by atoms with E-state index in [0.29, 0.717) is 23.2 Å². The maximum Gasteiger partial charge on any atom is 0.230 e. The van der Waals surface area contributed by atoms with Crippen molar-refractivity contribution in [1.82, 2.24) is 9.97 Å². The van der Waals surface area contributed by atoms with Crippen LogP contribution in [0, 0.1) is 11.8 Å². The molecule has 2 fully saturated rings. The van der Waals surface area contributed by atoms with Gasteiger partial charge >= 0.3 is 0 Å². The predicted octanol–water partition coefficient (Wildman–Crippen LogP) is 2.63. The number of anilines is 1. The normalized spacial score (nSPS) is 25.3. The first-order chi connectivity index (χ1) is 11.3. The molecule has 0 unspecified atom stereocenters. The number of aromatic nitrogens is 2. The molecule has 1 aliphatic carbocycles. The number of carbonyl (C=O) groups excluding carboxylic acids is 1. The van der Waals surface area contributed by atoms with Crippen LogP contribution < -0.4 is 10.1 Å². The molecule has 2 aliphatic rings. The fourth-order valence-corrected chi connectivity index (χ4v) is 3.06. The second-order valence-electron chi connectivity index (χ2n) is 5.83. The quantitative estimate of drug-likeness (QED) is 0.939. The number of nitrogens with zero attached hydrogens (tertiary/aromatic N) is 2. The van der Waals surface area contributed by atoms with Crippen molar-refractivity contribution in [2.75, 3.05) is 11.9 Å². The van der Waals surface area contributed by atoms with Gasteiger partial charge in [0.25, 0.3) is 0 Å². The molecule has 1 saturated carbocycles.